The molecule has 0 aliphatic heterocycles. The molecule has 1 fully saturated rings. The van der Waals surface area contributed by atoms with Gasteiger partial charge in [-0.15, -0.1) is 0 Å². The molecule has 0 saturated heterocycles. The quantitative estimate of drug-likeness (QED) is 0.447. The van der Waals surface area contributed by atoms with Crippen molar-refractivity contribution in [3.05, 3.63) is 59.2 Å². The molecule has 0 spiro atoms. The standard InChI is InChI=1S/C26H30O6/c1-18-5-3-6-19(15-18)11-14-32-24-16-20(8-9-23(24)31-2)22(28)17-26(25(29)30)12-4-7-21(27)10-13-26/h3,5-6,8-9,15-16H,4,7,10-14,17H2,1-2H3,(H,29,30). The minimum Gasteiger partial charge on any atom is -0.493 e. The van der Waals surface area contributed by atoms with Crippen molar-refractivity contribution in [3.63, 3.8) is 0 Å². The van der Waals surface area contributed by atoms with Gasteiger partial charge in [0, 0.05) is 31.2 Å². The summed E-state index contributed by atoms with van der Waals surface area (Å²) in [5.41, 5.74) is 1.52. The molecule has 1 saturated carbocycles. The topological polar surface area (TPSA) is 89.9 Å². The number of aryl methyl sites for hydroxylation is 1. The van der Waals surface area contributed by atoms with E-state index in [1.165, 1.54) is 12.7 Å². The third-order valence-corrected chi connectivity index (χ3v) is 6.16. The normalized spacial score (nSPS) is 18.6. The molecule has 1 aliphatic rings. The summed E-state index contributed by atoms with van der Waals surface area (Å²) in [6.45, 7) is 2.45. The molecule has 0 aromatic heterocycles. The van der Waals surface area contributed by atoms with E-state index in [0.29, 0.717) is 49.4 Å². The number of aliphatic carboxylic acids is 1. The second-order valence-corrected chi connectivity index (χ2v) is 8.53. The molecular formula is C26H30O6. The molecule has 0 amide bonds. The molecule has 0 heterocycles. The fourth-order valence-electron chi connectivity index (χ4n) is 4.24. The summed E-state index contributed by atoms with van der Waals surface area (Å²) < 4.78 is 11.3. The molecule has 32 heavy (non-hydrogen) atoms. The molecule has 170 valence electrons. The molecule has 1 unspecified atom stereocenters. The van der Waals surface area contributed by atoms with Crippen LogP contribution in [-0.2, 0) is 16.0 Å². The van der Waals surface area contributed by atoms with Crippen LogP contribution in [0.4, 0.5) is 0 Å². The largest absolute Gasteiger partial charge is 0.493 e. The van der Waals surface area contributed by atoms with Crippen molar-refractivity contribution in [1.82, 2.24) is 0 Å². The maximum Gasteiger partial charge on any atom is 0.310 e. The highest BCUT2D eigenvalue weighted by Crippen LogP contribution is 2.39. The maximum atomic E-state index is 13.1. The van der Waals surface area contributed by atoms with Gasteiger partial charge in [0.05, 0.1) is 19.1 Å². The Bertz CT molecular complexity index is 996. The average molecular weight is 439 g/mol. The molecule has 6 nitrogen and oxygen atoms in total. The number of ketones is 2. The summed E-state index contributed by atoms with van der Waals surface area (Å²) in [4.78, 5) is 36.9. The number of methoxy groups -OCH3 is 1. The number of ether oxygens (including phenoxy) is 2. The number of hydrogen-bond donors (Lipinski definition) is 1. The second-order valence-electron chi connectivity index (χ2n) is 8.53. The first-order valence-corrected chi connectivity index (χ1v) is 11.0. The number of hydrogen-bond acceptors (Lipinski definition) is 5. The summed E-state index contributed by atoms with van der Waals surface area (Å²) in [7, 11) is 1.53. The lowest BCUT2D eigenvalue weighted by atomic mass is 9.75. The van der Waals surface area contributed by atoms with Gasteiger partial charge >= 0.3 is 5.97 Å². The van der Waals surface area contributed by atoms with E-state index in [2.05, 4.69) is 6.07 Å². The molecule has 1 atom stereocenters. The van der Waals surface area contributed by atoms with Crippen LogP contribution in [0.2, 0.25) is 0 Å². The van der Waals surface area contributed by atoms with Gasteiger partial charge in [-0.1, -0.05) is 29.8 Å². The monoisotopic (exact) mass is 438 g/mol. The van der Waals surface area contributed by atoms with Gasteiger partial charge in [-0.25, -0.2) is 0 Å². The predicted octanol–water partition coefficient (Wildman–Crippen LogP) is 4.80. The first kappa shape index (κ1) is 23.5. The van der Waals surface area contributed by atoms with Crippen LogP contribution in [0.25, 0.3) is 0 Å². The maximum absolute atomic E-state index is 13.1. The first-order chi connectivity index (χ1) is 15.3. The van der Waals surface area contributed by atoms with Crippen molar-refractivity contribution in [3.8, 4) is 11.5 Å². The van der Waals surface area contributed by atoms with Crippen LogP contribution in [0.1, 0.15) is 60.0 Å². The molecule has 2 aromatic rings. The van der Waals surface area contributed by atoms with Gasteiger partial charge in [-0.3, -0.25) is 14.4 Å². The van der Waals surface area contributed by atoms with E-state index < -0.39 is 11.4 Å². The molecule has 3 rings (SSSR count). The van der Waals surface area contributed by atoms with Crippen molar-refractivity contribution in [2.45, 2.75) is 51.9 Å². The van der Waals surface area contributed by atoms with Gasteiger partial charge in [0.2, 0.25) is 0 Å². The van der Waals surface area contributed by atoms with Gasteiger partial charge < -0.3 is 14.6 Å². The summed E-state index contributed by atoms with van der Waals surface area (Å²) in [5.74, 6) is -0.254. The fraction of sp³-hybridized carbons (Fsp3) is 0.423. The van der Waals surface area contributed by atoms with E-state index in [1.54, 1.807) is 18.2 Å². The van der Waals surface area contributed by atoms with Crippen LogP contribution in [-0.4, -0.2) is 36.4 Å². The molecule has 2 aromatic carbocycles. The lowest BCUT2D eigenvalue weighted by molar-refractivity contribution is -0.149. The van der Waals surface area contributed by atoms with Crippen LogP contribution in [0.3, 0.4) is 0 Å². The van der Waals surface area contributed by atoms with Gasteiger partial charge in [-0.2, -0.15) is 0 Å². The Morgan fingerprint density at radius 2 is 1.88 bits per heavy atom. The third kappa shape index (κ3) is 5.75. The first-order valence-electron chi connectivity index (χ1n) is 11.0. The number of rotatable bonds is 9. The zero-order valence-corrected chi connectivity index (χ0v) is 18.7. The lowest BCUT2D eigenvalue weighted by Crippen LogP contribution is -2.33. The highest BCUT2D eigenvalue weighted by atomic mass is 16.5. The Morgan fingerprint density at radius 1 is 1.06 bits per heavy atom. The number of carbonyl (C=O) groups excluding carboxylic acids is 2. The third-order valence-electron chi connectivity index (χ3n) is 6.16. The second kappa shape index (κ2) is 10.4. The Kier molecular flexibility index (Phi) is 7.67. The van der Waals surface area contributed by atoms with Crippen LogP contribution in [0.5, 0.6) is 11.5 Å². The lowest BCUT2D eigenvalue weighted by Gasteiger charge is -2.27. The summed E-state index contributed by atoms with van der Waals surface area (Å²) >= 11 is 0. The van der Waals surface area contributed by atoms with E-state index in [-0.39, 0.29) is 30.8 Å². The van der Waals surface area contributed by atoms with Gasteiger partial charge in [0.25, 0.3) is 0 Å². The summed E-state index contributed by atoms with van der Waals surface area (Å²) in [5, 5.41) is 9.87. The fourth-order valence-corrected chi connectivity index (χ4v) is 4.24. The number of Topliss-reactive ketones (excluding diaryl/α,β-unsaturated/α-hetero) is 2. The SMILES string of the molecule is COc1ccc(C(=O)CC2(C(=O)O)CCCC(=O)CC2)cc1OCCc1cccc(C)c1. The average Bonchev–Trinajstić information content (AvgIpc) is 2.96. The van der Waals surface area contributed by atoms with Gasteiger partial charge in [0.15, 0.2) is 17.3 Å². The Hall–Kier alpha value is -3.15. The van der Waals surface area contributed by atoms with Crippen molar-refractivity contribution in [2.24, 2.45) is 5.41 Å². The van der Waals surface area contributed by atoms with E-state index in [1.807, 2.05) is 25.1 Å². The van der Waals surface area contributed by atoms with Crippen LogP contribution in [0.15, 0.2) is 42.5 Å². The van der Waals surface area contributed by atoms with Gasteiger partial charge in [0.1, 0.15) is 5.78 Å². The smallest absolute Gasteiger partial charge is 0.310 e. The summed E-state index contributed by atoms with van der Waals surface area (Å²) in [6, 6.07) is 13.1. The zero-order valence-electron chi connectivity index (χ0n) is 18.7. The van der Waals surface area contributed by atoms with Crippen molar-refractivity contribution < 1.29 is 29.0 Å². The molecule has 0 bridgehead atoms. The van der Waals surface area contributed by atoms with Crippen molar-refractivity contribution >= 4 is 17.5 Å². The molecule has 1 N–H and O–H groups in total. The Morgan fingerprint density at radius 3 is 2.59 bits per heavy atom. The van der Waals surface area contributed by atoms with Crippen molar-refractivity contribution in [2.75, 3.05) is 13.7 Å². The minimum atomic E-state index is -1.20. The highest BCUT2D eigenvalue weighted by Gasteiger charge is 2.42. The van der Waals surface area contributed by atoms with Crippen molar-refractivity contribution in [1.29, 1.82) is 0 Å². The van der Waals surface area contributed by atoms with Crippen LogP contribution < -0.4 is 9.47 Å². The Balaban J connectivity index is 1.73. The van der Waals surface area contributed by atoms with E-state index >= 15 is 0 Å². The van der Waals surface area contributed by atoms with Crippen LogP contribution >= 0.6 is 0 Å². The Labute approximate surface area is 188 Å². The van der Waals surface area contributed by atoms with E-state index in [9.17, 15) is 19.5 Å². The molecule has 1 aliphatic carbocycles. The number of carboxylic acid groups (broad SMARTS) is 1. The summed E-state index contributed by atoms with van der Waals surface area (Å²) in [6.07, 6.45) is 2.18. The predicted molar refractivity (Wildman–Crippen MR) is 120 cm³/mol. The number of carbonyl (C=O) groups is 3. The van der Waals surface area contributed by atoms with E-state index in [0.717, 1.165) is 5.56 Å². The zero-order chi connectivity index (χ0) is 23.1. The molecule has 6 heteroatoms. The van der Waals surface area contributed by atoms with Gasteiger partial charge in [-0.05, 0) is 49.9 Å². The molecule has 0 radical (unpaired) electrons. The minimum absolute atomic E-state index is 0.0642. The number of carboxylic acids is 1. The highest BCUT2D eigenvalue weighted by molar-refractivity contribution is 5.99. The molecular weight excluding hydrogens is 408 g/mol. The number of benzene rings is 2. The van der Waals surface area contributed by atoms with E-state index in [4.69, 9.17) is 9.47 Å². The van der Waals surface area contributed by atoms with Crippen LogP contribution in [0, 0.1) is 12.3 Å².